The second kappa shape index (κ2) is 6.23. The van der Waals surface area contributed by atoms with Gasteiger partial charge in [0.05, 0.1) is 16.0 Å². The summed E-state index contributed by atoms with van der Waals surface area (Å²) in [6.45, 7) is 10.3. The Labute approximate surface area is 141 Å². The Morgan fingerprint density at radius 1 is 1.22 bits per heavy atom. The average Bonchev–Trinajstić information content (AvgIpc) is 2.57. The SMILES string of the molecule is CCC1(CC)CN(c2c(C)c(C)nc3ccccc23)CCS1=O. The highest BCUT2D eigenvalue weighted by atomic mass is 32.2. The minimum atomic E-state index is -0.734. The Bertz CT molecular complexity index is 752. The lowest BCUT2D eigenvalue weighted by molar-refractivity contribution is 0.496. The highest BCUT2D eigenvalue weighted by Crippen LogP contribution is 2.36. The second-order valence-electron chi connectivity index (χ2n) is 6.55. The van der Waals surface area contributed by atoms with E-state index in [2.05, 4.69) is 50.8 Å². The quantitative estimate of drug-likeness (QED) is 0.853. The fourth-order valence-corrected chi connectivity index (χ4v) is 5.47. The van der Waals surface area contributed by atoms with Crippen molar-refractivity contribution in [1.82, 2.24) is 4.98 Å². The van der Waals surface area contributed by atoms with Crippen molar-refractivity contribution >= 4 is 27.4 Å². The third kappa shape index (κ3) is 2.67. The van der Waals surface area contributed by atoms with E-state index in [0.717, 1.165) is 42.9 Å². The Kier molecular flexibility index (Phi) is 4.45. The van der Waals surface area contributed by atoms with E-state index in [1.165, 1.54) is 16.6 Å². The van der Waals surface area contributed by atoms with Crippen molar-refractivity contribution < 1.29 is 4.21 Å². The van der Waals surface area contributed by atoms with Crippen molar-refractivity contribution in [2.45, 2.75) is 45.3 Å². The molecule has 0 radical (unpaired) electrons. The first kappa shape index (κ1) is 16.4. The predicted octanol–water partition coefficient (Wildman–Crippen LogP) is 3.98. The molecule has 0 N–H and O–H groups in total. The first-order valence-electron chi connectivity index (χ1n) is 8.51. The molecule has 1 aliphatic heterocycles. The summed E-state index contributed by atoms with van der Waals surface area (Å²) in [6, 6.07) is 8.37. The maximum atomic E-state index is 12.6. The zero-order valence-electron chi connectivity index (χ0n) is 14.6. The van der Waals surface area contributed by atoms with Gasteiger partial charge in [0.1, 0.15) is 0 Å². The van der Waals surface area contributed by atoms with Gasteiger partial charge in [0.15, 0.2) is 0 Å². The molecular formula is C19H26N2OS. The summed E-state index contributed by atoms with van der Waals surface area (Å²) in [4.78, 5) is 7.19. The van der Waals surface area contributed by atoms with Gasteiger partial charge in [0.25, 0.3) is 0 Å². The maximum Gasteiger partial charge on any atom is 0.0726 e. The molecular weight excluding hydrogens is 304 g/mol. The van der Waals surface area contributed by atoms with E-state index >= 15 is 0 Å². The summed E-state index contributed by atoms with van der Waals surface area (Å²) < 4.78 is 12.6. The maximum absolute atomic E-state index is 12.6. The molecule has 0 saturated carbocycles. The number of benzene rings is 1. The van der Waals surface area contributed by atoms with Crippen LogP contribution in [0, 0.1) is 13.8 Å². The standard InChI is InChI=1S/C19H26N2OS/c1-5-19(6-2)13-21(11-12-23(19)22)18-14(3)15(4)20-17-10-8-7-9-16(17)18/h7-10H,5-6,11-13H2,1-4H3. The lowest BCUT2D eigenvalue weighted by Crippen LogP contribution is -2.53. The first-order valence-corrected chi connectivity index (χ1v) is 9.83. The summed E-state index contributed by atoms with van der Waals surface area (Å²) in [6.07, 6.45) is 1.93. The predicted molar refractivity (Wildman–Crippen MR) is 99.8 cm³/mol. The van der Waals surface area contributed by atoms with Crippen molar-refractivity contribution in [2.24, 2.45) is 0 Å². The Hall–Kier alpha value is -1.42. The molecule has 23 heavy (non-hydrogen) atoms. The monoisotopic (exact) mass is 330 g/mol. The largest absolute Gasteiger partial charge is 0.368 e. The minimum absolute atomic E-state index is 0.0804. The molecule has 4 heteroatoms. The van der Waals surface area contributed by atoms with Crippen molar-refractivity contribution in [3.63, 3.8) is 0 Å². The Balaban J connectivity index is 2.13. The van der Waals surface area contributed by atoms with Gasteiger partial charge in [-0.25, -0.2) is 0 Å². The number of rotatable bonds is 3. The van der Waals surface area contributed by atoms with Crippen LogP contribution >= 0.6 is 0 Å². The van der Waals surface area contributed by atoms with Gasteiger partial charge in [0, 0.05) is 40.7 Å². The van der Waals surface area contributed by atoms with Crippen molar-refractivity contribution in [1.29, 1.82) is 0 Å². The molecule has 1 aromatic heterocycles. The van der Waals surface area contributed by atoms with Crippen LogP contribution in [0.4, 0.5) is 5.69 Å². The molecule has 1 unspecified atom stereocenters. The van der Waals surface area contributed by atoms with Gasteiger partial charge >= 0.3 is 0 Å². The minimum Gasteiger partial charge on any atom is -0.368 e. The summed E-state index contributed by atoms with van der Waals surface area (Å²) in [5.74, 6) is 0.761. The van der Waals surface area contributed by atoms with E-state index in [4.69, 9.17) is 4.98 Å². The number of nitrogens with zero attached hydrogens (tertiary/aromatic N) is 2. The van der Waals surface area contributed by atoms with Crippen LogP contribution in [0.3, 0.4) is 0 Å². The molecule has 2 aromatic rings. The molecule has 1 aliphatic rings. The van der Waals surface area contributed by atoms with Gasteiger partial charge in [-0.1, -0.05) is 32.0 Å². The molecule has 1 saturated heterocycles. The number of hydrogen-bond donors (Lipinski definition) is 0. The van der Waals surface area contributed by atoms with Gasteiger partial charge in [-0.2, -0.15) is 0 Å². The summed E-state index contributed by atoms with van der Waals surface area (Å²) in [5, 5.41) is 1.21. The molecule has 3 rings (SSSR count). The van der Waals surface area contributed by atoms with E-state index in [1.54, 1.807) is 0 Å². The number of aryl methyl sites for hydroxylation is 1. The molecule has 1 aromatic carbocycles. The normalized spacial score (nSPS) is 20.9. The molecule has 124 valence electrons. The van der Waals surface area contributed by atoms with E-state index in [1.807, 2.05) is 6.07 Å². The Morgan fingerprint density at radius 3 is 2.61 bits per heavy atom. The highest BCUT2D eigenvalue weighted by molar-refractivity contribution is 7.86. The molecule has 1 fully saturated rings. The number of pyridine rings is 1. The van der Waals surface area contributed by atoms with Crippen LogP contribution in [0.15, 0.2) is 24.3 Å². The zero-order chi connectivity index (χ0) is 16.6. The molecule has 0 bridgehead atoms. The third-order valence-corrected chi connectivity index (χ3v) is 7.68. The van der Waals surface area contributed by atoms with E-state index in [0.29, 0.717) is 0 Å². The van der Waals surface area contributed by atoms with Crippen LogP contribution in [0.25, 0.3) is 10.9 Å². The van der Waals surface area contributed by atoms with Crippen LogP contribution in [-0.2, 0) is 10.8 Å². The summed E-state index contributed by atoms with van der Waals surface area (Å²) in [7, 11) is -0.734. The second-order valence-corrected chi connectivity index (χ2v) is 8.51. The van der Waals surface area contributed by atoms with Gasteiger partial charge < -0.3 is 4.90 Å². The fraction of sp³-hybridized carbons (Fsp3) is 0.526. The van der Waals surface area contributed by atoms with E-state index in [-0.39, 0.29) is 4.75 Å². The van der Waals surface area contributed by atoms with Crippen LogP contribution in [-0.4, -0.2) is 32.8 Å². The number of anilines is 1. The smallest absolute Gasteiger partial charge is 0.0726 e. The number of hydrogen-bond acceptors (Lipinski definition) is 3. The highest BCUT2D eigenvalue weighted by Gasteiger charge is 2.39. The van der Waals surface area contributed by atoms with Gasteiger partial charge in [-0.05, 0) is 38.3 Å². The van der Waals surface area contributed by atoms with Crippen molar-refractivity contribution in [3.05, 3.63) is 35.5 Å². The number of para-hydroxylation sites is 1. The molecule has 0 spiro atoms. The molecule has 1 atom stereocenters. The number of aromatic nitrogens is 1. The lowest BCUT2D eigenvalue weighted by atomic mass is 9.99. The van der Waals surface area contributed by atoms with Crippen LogP contribution in [0.5, 0.6) is 0 Å². The van der Waals surface area contributed by atoms with Crippen molar-refractivity contribution in [3.8, 4) is 0 Å². The first-order chi connectivity index (χ1) is 11.0. The molecule has 0 amide bonds. The van der Waals surface area contributed by atoms with Crippen molar-refractivity contribution in [2.75, 3.05) is 23.7 Å². The average molecular weight is 330 g/mol. The van der Waals surface area contributed by atoms with Crippen LogP contribution < -0.4 is 4.90 Å². The Morgan fingerprint density at radius 2 is 1.91 bits per heavy atom. The topological polar surface area (TPSA) is 33.2 Å². The van der Waals surface area contributed by atoms with Gasteiger partial charge in [0.2, 0.25) is 0 Å². The fourth-order valence-electron chi connectivity index (χ4n) is 3.71. The third-order valence-electron chi connectivity index (χ3n) is 5.46. The molecule has 3 nitrogen and oxygen atoms in total. The lowest BCUT2D eigenvalue weighted by Gasteiger charge is -2.43. The zero-order valence-corrected chi connectivity index (χ0v) is 15.4. The molecule has 0 aliphatic carbocycles. The summed E-state index contributed by atoms with van der Waals surface area (Å²) in [5.41, 5.74) is 4.67. The van der Waals surface area contributed by atoms with E-state index < -0.39 is 10.8 Å². The molecule has 2 heterocycles. The van der Waals surface area contributed by atoms with Gasteiger partial charge in [-0.3, -0.25) is 9.19 Å². The van der Waals surface area contributed by atoms with Crippen LogP contribution in [0.2, 0.25) is 0 Å². The van der Waals surface area contributed by atoms with Crippen LogP contribution in [0.1, 0.15) is 37.9 Å². The van der Waals surface area contributed by atoms with Gasteiger partial charge in [-0.15, -0.1) is 0 Å². The summed E-state index contributed by atoms with van der Waals surface area (Å²) >= 11 is 0. The number of fused-ring (bicyclic) bond motifs is 1. The van der Waals surface area contributed by atoms with E-state index in [9.17, 15) is 4.21 Å².